The van der Waals surface area contributed by atoms with Gasteiger partial charge < -0.3 is 14.7 Å². The fraction of sp³-hybridized carbons (Fsp3) is 0.413. The van der Waals surface area contributed by atoms with Crippen LogP contribution < -0.4 is 14.7 Å². The Labute approximate surface area is 582 Å². The number of rotatable bonds is 7. The Balaban J connectivity index is 0.000000271. The number of fused-ring (bicyclic) bond motifs is 12. The molecule has 9 aromatic rings. The molecule has 15 rings (SSSR count). The first-order valence-corrected chi connectivity index (χ1v) is 38.3. The highest BCUT2D eigenvalue weighted by Crippen LogP contribution is 2.54. The lowest BCUT2D eigenvalue weighted by Crippen LogP contribution is -2.25. The summed E-state index contributed by atoms with van der Waals surface area (Å²) in [5.74, 6) is 0. The third-order valence-electron chi connectivity index (χ3n) is 17.8. The zero-order valence-electron chi connectivity index (χ0n) is 64.5. The molecular weight excluding hydrogens is 1150 g/mol. The highest BCUT2D eigenvalue weighted by molar-refractivity contribution is 5.92. The molecule has 0 saturated carbocycles. The van der Waals surface area contributed by atoms with Crippen molar-refractivity contribution in [1.29, 1.82) is 0 Å². The molecule has 0 atom stereocenters. The van der Waals surface area contributed by atoms with E-state index in [-0.39, 0.29) is 0 Å². The van der Waals surface area contributed by atoms with Gasteiger partial charge in [-0.2, -0.15) is 0 Å². The second kappa shape index (κ2) is 40.7. The molecule has 510 valence electrons. The van der Waals surface area contributed by atoms with Crippen molar-refractivity contribution in [3.63, 3.8) is 0 Å². The van der Waals surface area contributed by atoms with Gasteiger partial charge >= 0.3 is 0 Å². The van der Waals surface area contributed by atoms with E-state index in [0.717, 1.165) is 83.5 Å². The summed E-state index contributed by atoms with van der Waals surface area (Å²) in [4.78, 5) is 7.57. The van der Waals surface area contributed by atoms with Crippen LogP contribution in [0.3, 0.4) is 0 Å². The van der Waals surface area contributed by atoms with Gasteiger partial charge in [-0.1, -0.05) is 294 Å². The number of hydrogen-bond donors (Lipinski definition) is 0. The van der Waals surface area contributed by atoms with E-state index in [1.807, 2.05) is 125 Å². The Morgan fingerprint density at radius 3 is 0.558 bits per heavy atom. The van der Waals surface area contributed by atoms with Crippen LogP contribution in [0.15, 0.2) is 158 Å². The summed E-state index contributed by atoms with van der Waals surface area (Å²) < 4.78 is 0. The third kappa shape index (κ3) is 17.3. The minimum absolute atomic E-state index is 1.05. The van der Waals surface area contributed by atoms with E-state index in [1.54, 1.807) is 0 Å². The van der Waals surface area contributed by atoms with E-state index < -0.39 is 0 Å². The Bertz CT molecular complexity index is 3560. The van der Waals surface area contributed by atoms with Crippen LogP contribution in [-0.4, -0.2) is 0 Å². The first-order valence-electron chi connectivity index (χ1n) is 38.3. The first kappa shape index (κ1) is 79.8. The minimum Gasteiger partial charge on any atom is -0.309 e. The molecule has 6 heterocycles. The normalized spacial score (nSPS) is 11.8. The quantitative estimate of drug-likeness (QED) is 0.157. The number of anilines is 9. The SMILES string of the molecule is CC.CC.CC.CC.CC.CC.CC.CC.CC.CCc1ccc2c(c1)Cc1cc(CC)cc3c1N2c1ccc(CC)cc1C3.CCc1ccc2c(c1)Cc1cc(CC)cc3c1N2c1ccccc1C3.CCc1ccc2c(c1)Cc1cc(CC)cc3c1N2c1ccccc1C3. The molecule has 0 fully saturated rings. The Hall–Kier alpha value is -7.62. The van der Waals surface area contributed by atoms with Gasteiger partial charge in [-0.25, -0.2) is 0 Å². The molecule has 0 aliphatic carbocycles. The molecule has 0 spiro atoms. The molecule has 3 nitrogen and oxygen atoms in total. The Morgan fingerprint density at radius 2 is 0.358 bits per heavy atom. The summed E-state index contributed by atoms with van der Waals surface area (Å²) in [7, 11) is 0. The lowest BCUT2D eigenvalue weighted by molar-refractivity contribution is 0.980. The molecule has 95 heavy (non-hydrogen) atoms. The van der Waals surface area contributed by atoms with Crippen LogP contribution in [0, 0.1) is 0 Å². The maximum atomic E-state index is 2.54. The summed E-state index contributed by atoms with van der Waals surface area (Å²) in [6.45, 7) is 51.8. The Kier molecular flexibility index (Phi) is 34.2. The zero-order valence-corrected chi connectivity index (χ0v) is 64.5. The molecular formula is C92H127N3. The standard InChI is InChI=1S/C26H27N.2C24H23N.9C2H6/c1-4-17-7-9-24-20(11-17)15-22-13-19(6-3)14-23-16-21-12-18(5-2)8-10-25(21)27(24)26(22)23;2*1-3-16-9-10-23-19(11-16)15-21-13-17(4-2)12-20-14-18-7-5-6-8-22(18)25(23)24(20)21;9*1-2/h7-14H,4-6,15-16H2,1-3H3;2*5-13H,3-4,14-15H2,1-2H3;9*1-2H3. The van der Waals surface area contributed by atoms with Crippen LogP contribution in [0.2, 0.25) is 0 Å². The molecule has 6 aliphatic heterocycles. The fourth-order valence-corrected chi connectivity index (χ4v) is 13.8. The van der Waals surface area contributed by atoms with Crippen molar-refractivity contribution in [2.24, 2.45) is 0 Å². The number of nitrogens with zero attached hydrogens (tertiary/aromatic N) is 3. The van der Waals surface area contributed by atoms with Crippen LogP contribution in [0.25, 0.3) is 0 Å². The van der Waals surface area contributed by atoms with Crippen LogP contribution in [0.4, 0.5) is 51.2 Å². The molecule has 6 aliphatic rings. The second-order valence-electron chi connectivity index (χ2n) is 22.4. The van der Waals surface area contributed by atoms with Crippen molar-refractivity contribution in [3.05, 3.63) is 263 Å². The van der Waals surface area contributed by atoms with Gasteiger partial charge in [0.2, 0.25) is 0 Å². The van der Waals surface area contributed by atoms with Gasteiger partial charge in [-0.05, 0) is 187 Å². The average molecular weight is 1280 g/mol. The van der Waals surface area contributed by atoms with Crippen molar-refractivity contribution in [2.75, 3.05) is 14.7 Å². The summed E-state index contributed by atoms with van der Waals surface area (Å²) in [5, 5.41) is 0. The molecule has 0 N–H and O–H groups in total. The van der Waals surface area contributed by atoms with Crippen molar-refractivity contribution in [2.45, 2.75) is 257 Å². The molecule has 0 radical (unpaired) electrons. The Morgan fingerprint density at radius 1 is 0.189 bits per heavy atom. The largest absolute Gasteiger partial charge is 0.309 e. The molecule has 0 saturated heterocycles. The average Bonchev–Trinajstić information content (AvgIpc) is 0.745. The van der Waals surface area contributed by atoms with Crippen LogP contribution in [0.5, 0.6) is 0 Å². The predicted octanol–water partition coefficient (Wildman–Crippen LogP) is 28.1. The summed E-state index contributed by atoms with van der Waals surface area (Å²) in [6, 6.07) is 60.6. The number of hydrogen-bond acceptors (Lipinski definition) is 3. The van der Waals surface area contributed by atoms with Gasteiger partial charge in [0.15, 0.2) is 0 Å². The maximum Gasteiger partial charge on any atom is 0.0532 e. The highest BCUT2D eigenvalue weighted by atomic mass is 15.2. The van der Waals surface area contributed by atoms with Crippen molar-refractivity contribution in [3.8, 4) is 0 Å². The molecule has 9 aromatic carbocycles. The van der Waals surface area contributed by atoms with Crippen LogP contribution in [0.1, 0.15) is 279 Å². The molecule has 3 heteroatoms. The summed E-state index contributed by atoms with van der Waals surface area (Å²) in [5.41, 5.74) is 40.3. The lowest BCUT2D eigenvalue weighted by atomic mass is 9.84. The molecule has 0 bridgehead atoms. The number of para-hydroxylation sites is 2. The number of benzene rings is 9. The zero-order chi connectivity index (χ0) is 70.5. The summed E-state index contributed by atoms with van der Waals surface area (Å²) >= 11 is 0. The predicted molar refractivity (Wildman–Crippen MR) is 428 cm³/mol. The van der Waals surface area contributed by atoms with Gasteiger partial charge in [-0.3, -0.25) is 0 Å². The van der Waals surface area contributed by atoms with Gasteiger partial charge in [0, 0.05) is 72.6 Å². The van der Waals surface area contributed by atoms with E-state index in [0.29, 0.717) is 0 Å². The number of aryl methyl sites for hydroxylation is 7. The highest BCUT2D eigenvalue weighted by Gasteiger charge is 2.35. The molecule has 0 unspecified atom stereocenters. The van der Waals surface area contributed by atoms with Gasteiger partial charge in [-0.15, -0.1) is 0 Å². The monoisotopic (exact) mass is 1270 g/mol. The van der Waals surface area contributed by atoms with Crippen molar-refractivity contribution in [1.82, 2.24) is 0 Å². The van der Waals surface area contributed by atoms with Crippen LogP contribution >= 0.6 is 0 Å². The van der Waals surface area contributed by atoms with Crippen molar-refractivity contribution < 1.29 is 0 Å². The smallest absolute Gasteiger partial charge is 0.0532 e. The second-order valence-corrected chi connectivity index (χ2v) is 22.4. The molecule has 0 amide bonds. The van der Waals surface area contributed by atoms with Crippen molar-refractivity contribution >= 4 is 51.2 Å². The van der Waals surface area contributed by atoms with E-state index >= 15 is 0 Å². The minimum atomic E-state index is 1.05. The topological polar surface area (TPSA) is 9.72 Å². The van der Waals surface area contributed by atoms with E-state index in [4.69, 9.17) is 0 Å². The van der Waals surface area contributed by atoms with Crippen LogP contribution in [-0.2, 0) is 83.5 Å². The van der Waals surface area contributed by atoms with Gasteiger partial charge in [0.25, 0.3) is 0 Å². The van der Waals surface area contributed by atoms with E-state index in [9.17, 15) is 0 Å². The fourth-order valence-electron chi connectivity index (χ4n) is 13.8. The third-order valence-corrected chi connectivity index (χ3v) is 17.8. The maximum absolute atomic E-state index is 2.54. The van der Waals surface area contributed by atoms with Gasteiger partial charge in [0.1, 0.15) is 0 Å². The lowest BCUT2D eigenvalue weighted by Gasteiger charge is -2.40. The summed E-state index contributed by atoms with van der Waals surface area (Å²) in [6.07, 6.45) is 14.0. The van der Waals surface area contributed by atoms with E-state index in [1.165, 1.54) is 157 Å². The van der Waals surface area contributed by atoms with Gasteiger partial charge in [0.05, 0.1) is 17.1 Å². The first-order chi connectivity index (χ1) is 46.8. The molecule has 0 aromatic heterocycles. The van der Waals surface area contributed by atoms with E-state index in [2.05, 4.69) is 221 Å².